The molecule has 20 heavy (non-hydrogen) atoms. The molecular formula is C13H14N4O3. The summed E-state index contributed by atoms with van der Waals surface area (Å²) in [7, 11) is 0. The van der Waals surface area contributed by atoms with Gasteiger partial charge < -0.3 is 15.7 Å². The summed E-state index contributed by atoms with van der Waals surface area (Å²) >= 11 is 0. The van der Waals surface area contributed by atoms with Crippen molar-refractivity contribution in [3.8, 4) is 0 Å². The number of carbonyl (C=O) groups is 2. The van der Waals surface area contributed by atoms with E-state index in [0.29, 0.717) is 18.6 Å². The number of anilines is 1. The maximum absolute atomic E-state index is 11.7. The van der Waals surface area contributed by atoms with E-state index in [1.807, 2.05) is 0 Å². The lowest BCUT2D eigenvalue weighted by Crippen LogP contribution is -2.44. The second-order valence-corrected chi connectivity index (χ2v) is 4.67. The minimum absolute atomic E-state index is 0.0407. The highest BCUT2D eigenvalue weighted by Gasteiger charge is 2.26. The molecule has 1 unspecified atom stereocenters. The number of piperidine rings is 1. The molecule has 7 nitrogen and oxygen atoms in total. The third kappa shape index (κ3) is 2.07. The quantitative estimate of drug-likeness (QED) is 0.766. The first-order chi connectivity index (χ1) is 9.66. The topological polar surface area (TPSA) is 95.7 Å². The first-order valence-electron chi connectivity index (χ1n) is 6.41. The predicted octanol–water partition coefficient (Wildman–Crippen LogP) is 0.723. The van der Waals surface area contributed by atoms with Gasteiger partial charge in [-0.05, 0) is 25.0 Å². The number of aromatic carboxylic acids is 1. The monoisotopic (exact) mass is 274 g/mol. The molecule has 0 aliphatic carbocycles. The van der Waals surface area contributed by atoms with Gasteiger partial charge in [0.15, 0.2) is 11.5 Å². The van der Waals surface area contributed by atoms with Gasteiger partial charge in [-0.2, -0.15) is 0 Å². The summed E-state index contributed by atoms with van der Waals surface area (Å²) in [6.45, 7) is 0.661. The van der Waals surface area contributed by atoms with Crippen molar-refractivity contribution in [2.45, 2.75) is 18.9 Å². The Morgan fingerprint density at radius 2 is 2.35 bits per heavy atom. The van der Waals surface area contributed by atoms with Crippen molar-refractivity contribution in [3.63, 3.8) is 0 Å². The summed E-state index contributed by atoms with van der Waals surface area (Å²) in [6.07, 6.45) is 3.16. The molecule has 7 heteroatoms. The largest absolute Gasteiger partial charge is 0.476 e. The number of carbonyl (C=O) groups excluding carboxylic acids is 1. The van der Waals surface area contributed by atoms with Crippen LogP contribution in [0.2, 0.25) is 0 Å². The van der Waals surface area contributed by atoms with Crippen LogP contribution in [-0.2, 0) is 4.79 Å². The fraction of sp³-hybridized carbons (Fsp3) is 0.308. The van der Waals surface area contributed by atoms with Gasteiger partial charge in [-0.25, -0.2) is 9.78 Å². The molecule has 3 heterocycles. The van der Waals surface area contributed by atoms with Crippen molar-refractivity contribution in [1.29, 1.82) is 0 Å². The van der Waals surface area contributed by atoms with E-state index >= 15 is 0 Å². The van der Waals surface area contributed by atoms with Gasteiger partial charge in [-0.3, -0.25) is 9.20 Å². The van der Waals surface area contributed by atoms with Gasteiger partial charge in [-0.1, -0.05) is 6.07 Å². The van der Waals surface area contributed by atoms with Gasteiger partial charge in [0.2, 0.25) is 5.91 Å². The molecule has 1 saturated heterocycles. The lowest BCUT2D eigenvalue weighted by Gasteiger charge is -2.22. The molecule has 0 bridgehead atoms. The molecular weight excluding hydrogens is 260 g/mol. The summed E-state index contributed by atoms with van der Waals surface area (Å²) in [6, 6.07) is 4.80. The molecule has 3 rings (SSSR count). The number of fused-ring (bicyclic) bond motifs is 1. The van der Waals surface area contributed by atoms with E-state index in [2.05, 4.69) is 15.6 Å². The van der Waals surface area contributed by atoms with Crippen LogP contribution in [0.15, 0.2) is 24.4 Å². The van der Waals surface area contributed by atoms with Crippen LogP contribution in [0.1, 0.15) is 23.3 Å². The number of rotatable bonds is 3. The number of pyridine rings is 1. The summed E-state index contributed by atoms with van der Waals surface area (Å²) < 4.78 is 1.49. The molecule has 1 amide bonds. The Kier molecular flexibility index (Phi) is 3.02. The zero-order valence-corrected chi connectivity index (χ0v) is 10.7. The van der Waals surface area contributed by atoms with Crippen LogP contribution in [0.25, 0.3) is 5.65 Å². The number of nitrogens with zero attached hydrogens (tertiary/aromatic N) is 2. The van der Waals surface area contributed by atoms with Crippen molar-refractivity contribution in [1.82, 2.24) is 14.7 Å². The van der Waals surface area contributed by atoms with Crippen molar-refractivity contribution < 1.29 is 14.7 Å². The highest BCUT2D eigenvalue weighted by Crippen LogP contribution is 2.20. The van der Waals surface area contributed by atoms with E-state index in [9.17, 15) is 14.7 Å². The standard InChI is InChI=1S/C13H14N4O3/c18-12-8(4-3-6-14-12)15-11-10(13(19)20)17-7-2-1-5-9(17)16-11/h1-2,5,7-8,15H,3-4,6H2,(H,14,18)(H,19,20). The molecule has 0 aromatic carbocycles. The Morgan fingerprint density at radius 1 is 1.50 bits per heavy atom. The van der Waals surface area contributed by atoms with Gasteiger partial charge in [0.25, 0.3) is 0 Å². The van der Waals surface area contributed by atoms with Gasteiger partial charge in [0.1, 0.15) is 11.7 Å². The number of imidazole rings is 1. The number of hydrogen-bond donors (Lipinski definition) is 3. The maximum Gasteiger partial charge on any atom is 0.356 e. The summed E-state index contributed by atoms with van der Waals surface area (Å²) in [5.41, 5.74) is 0.572. The van der Waals surface area contributed by atoms with Crippen LogP contribution in [0.4, 0.5) is 5.82 Å². The molecule has 1 fully saturated rings. The average Bonchev–Trinajstić information content (AvgIpc) is 2.79. The molecule has 1 aliphatic rings. The first kappa shape index (κ1) is 12.5. The van der Waals surface area contributed by atoms with Crippen molar-refractivity contribution in [2.75, 3.05) is 11.9 Å². The summed E-state index contributed by atoms with van der Waals surface area (Å²) in [5.74, 6) is -0.974. The second-order valence-electron chi connectivity index (χ2n) is 4.67. The number of carboxylic acid groups (broad SMARTS) is 1. The lowest BCUT2D eigenvalue weighted by atomic mass is 10.1. The van der Waals surface area contributed by atoms with Crippen molar-refractivity contribution in [3.05, 3.63) is 30.1 Å². The van der Waals surface area contributed by atoms with E-state index < -0.39 is 12.0 Å². The van der Waals surface area contributed by atoms with Crippen molar-refractivity contribution >= 4 is 23.3 Å². The van der Waals surface area contributed by atoms with Crippen LogP contribution in [-0.4, -0.2) is 39.0 Å². The maximum atomic E-state index is 11.7. The SMILES string of the molecule is O=C(O)c1c(NC2CCCNC2=O)nc2ccccn12. The molecule has 0 saturated carbocycles. The number of amides is 1. The van der Waals surface area contributed by atoms with E-state index in [-0.39, 0.29) is 17.4 Å². The summed E-state index contributed by atoms with van der Waals surface area (Å²) in [4.78, 5) is 27.4. The average molecular weight is 274 g/mol. The predicted molar refractivity (Wildman–Crippen MR) is 71.8 cm³/mol. The smallest absolute Gasteiger partial charge is 0.356 e. The number of hydrogen-bond acceptors (Lipinski definition) is 4. The summed E-state index contributed by atoms with van der Waals surface area (Å²) in [5, 5.41) is 15.0. The van der Waals surface area contributed by atoms with Gasteiger partial charge in [0, 0.05) is 12.7 Å². The van der Waals surface area contributed by atoms with Gasteiger partial charge in [-0.15, -0.1) is 0 Å². The lowest BCUT2D eigenvalue weighted by molar-refractivity contribution is -0.123. The molecule has 2 aromatic rings. The van der Waals surface area contributed by atoms with E-state index in [4.69, 9.17) is 0 Å². The Hall–Kier alpha value is -2.57. The van der Waals surface area contributed by atoms with Crippen LogP contribution < -0.4 is 10.6 Å². The van der Waals surface area contributed by atoms with Crippen LogP contribution in [0.3, 0.4) is 0 Å². The zero-order chi connectivity index (χ0) is 14.1. The minimum Gasteiger partial charge on any atom is -0.476 e. The molecule has 2 aromatic heterocycles. The Balaban J connectivity index is 2.00. The van der Waals surface area contributed by atoms with Crippen LogP contribution in [0.5, 0.6) is 0 Å². The highest BCUT2D eigenvalue weighted by atomic mass is 16.4. The normalized spacial score (nSPS) is 18.8. The van der Waals surface area contributed by atoms with Gasteiger partial charge >= 0.3 is 5.97 Å². The number of nitrogens with one attached hydrogen (secondary N) is 2. The molecule has 0 radical (unpaired) electrons. The first-order valence-corrected chi connectivity index (χ1v) is 6.41. The molecule has 3 N–H and O–H groups in total. The van der Waals surface area contributed by atoms with Crippen LogP contribution in [0, 0.1) is 0 Å². The Morgan fingerprint density at radius 3 is 3.10 bits per heavy atom. The fourth-order valence-electron chi connectivity index (χ4n) is 2.38. The van der Waals surface area contributed by atoms with Gasteiger partial charge in [0.05, 0.1) is 0 Å². The Labute approximate surface area is 114 Å². The number of aromatic nitrogens is 2. The number of carboxylic acids is 1. The molecule has 104 valence electrons. The highest BCUT2D eigenvalue weighted by molar-refractivity contribution is 5.94. The van der Waals surface area contributed by atoms with Crippen molar-refractivity contribution in [2.24, 2.45) is 0 Å². The molecule has 1 aliphatic heterocycles. The minimum atomic E-state index is -1.08. The zero-order valence-electron chi connectivity index (χ0n) is 10.7. The van der Waals surface area contributed by atoms with E-state index in [0.717, 1.165) is 6.42 Å². The third-order valence-electron chi connectivity index (χ3n) is 3.33. The third-order valence-corrected chi connectivity index (χ3v) is 3.33. The fourth-order valence-corrected chi connectivity index (χ4v) is 2.38. The Bertz CT molecular complexity index is 679. The molecule has 1 atom stereocenters. The second kappa shape index (κ2) is 4.84. The van der Waals surface area contributed by atoms with E-state index in [1.54, 1.807) is 24.4 Å². The van der Waals surface area contributed by atoms with Crippen LogP contribution >= 0.6 is 0 Å². The molecule has 0 spiro atoms. The van der Waals surface area contributed by atoms with E-state index in [1.165, 1.54) is 4.40 Å².